The standard InChI is InChI=1S/C30H29N3O3/c1-4-36-22-15-13-21(14-16-22)32-29(34)26-17-24-23-7-5-6-8-25(23)31-27(24)28(33(26)30(32)35)20-11-9-19(10-12-20)18(2)3/h5-16,18,26,28,31H,4,17H2,1-3H3/t26-,28+/m0/s1. The molecule has 36 heavy (non-hydrogen) atoms. The average Bonchev–Trinajstić information content (AvgIpc) is 3.38. The number of H-pyrrole nitrogens is 1. The Balaban J connectivity index is 1.47. The van der Waals surface area contributed by atoms with Crippen LogP contribution in [0.1, 0.15) is 55.1 Å². The number of rotatable bonds is 5. The average molecular weight is 480 g/mol. The molecule has 3 heterocycles. The molecule has 6 heteroatoms. The molecule has 0 bridgehead atoms. The third-order valence-electron chi connectivity index (χ3n) is 7.37. The molecule has 3 aromatic carbocycles. The van der Waals surface area contributed by atoms with Gasteiger partial charge >= 0.3 is 6.03 Å². The predicted octanol–water partition coefficient (Wildman–Crippen LogP) is 6.17. The fourth-order valence-corrected chi connectivity index (χ4v) is 5.58. The van der Waals surface area contributed by atoms with Gasteiger partial charge in [0.2, 0.25) is 0 Å². The number of nitrogens with zero attached hydrogens (tertiary/aromatic N) is 2. The molecule has 2 aliphatic heterocycles. The van der Waals surface area contributed by atoms with Crippen LogP contribution in [0.3, 0.4) is 0 Å². The van der Waals surface area contributed by atoms with Crippen molar-refractivity contribution < 1.29 is 14.3 Å². The number of aromatic amines is 1. The highest BCUT2D eigenvalue weighted by molar-refractivity contribution is 6.22. The summed E-state index contributed by atoms with van der Waals surface area (Å²) >= 11 is 0. The van der Waals surface area contributed by atoms with Crippen LogP contribution in [0.4, 0.5) is 10.5 Å². The summed E-state index contributed by atoms with van der Waals surface area (Å²) in [6.45, 7) is 6.81. The molecule has 6 nitrogen and oxygen atoms in total. The number of imide groups is 1. The molecule has 1 N–H and O–H groups in total. The molecule has 182 valence electrons. The highest BCUT2D eigenvalue weighted by atomic mass is 16.5. The Hall–Kier alpha value is -4.06. The van der Waals surface area contributed by atoms with E-state index in [0.29, 0.717) is 30.4 Å². The number of amides is 3. The number of nitrogens with one attached hydrogen (secondary N) is 1. The Labute approximate surface area is 210 Å². The van der Waals surface area contributed by atoms with E-state index in [-0.39, 0.29) is 18.0 Å². The molecule has 3 amide bonds. The summed E-state index contributed by atoms with van der Waals surface area (Å²) in [4.78, 5) is 34.4. The van der Waals surface area contributed by atoms with Crippen LogP contribution >= 0.6 is 0 Å². The van der Waals surface area contributed by atoms with E-state index in [4.69, 9.17) is 4.74 Å². The van der Waals surface area contributed by atoms with Gasteiger partial charge in [0.15, 0.2) is 0 Å². The van der Waals surface area contributed by atoms with Gasteiger partial charge in [0.25, 0.3) is 5.91 Å². The first kappa shape index (κ1) is 22.4. The van der Waals surface area contributed by atoms with Gasteiger partial charge < -0.3 is 9.72 Å². The van der Waals surface area contributed by atoms with Gasteiger partial charge in [0.05, 0.1) is 12.3 Å². The first-order chi connectivity index (χ1) is 17.5. The summed E-state index contributed by atoms with van der Waals surface area (Å²) in [7, 11) is 0. The first-order valence-electron chi connectivity index (χ1n) is 12.6. The third-order valence-corrected chi connectivity index (χ3v) is 7.37. The second kappa shape index (κ2) is 8.55. The van der Waals surface area contributed by atoms with Gasteiger partial charge in [-0.3, -0.25) is 9.69 Å². The van der Waals surface area contributed by atoms with Crippen LogP contribution in [0.2, 0.25) is 0 Å². The van der Waals surface area contributed by atoms with Gasteiger partial charge in [-0.1, -0.05) is 56.3 Å². The van der Waals surface area contributed by atoms with Gasteiger partial charge in [-0.15, -0.1) is 0 Å². The van der Waals surface area contributed by atoms with Crippen molar-refractivity contribution in [2.45, 2.75) is 45.2 Å². The Morgan fingerprint density at radius 2 is 1.69 bits per heavy atom. The summed E-state index contributed by atoms with van der Waals surface area (Å²) in [5, 5.41) is 1.11. The number of aromatic nitrogens is 1. The molecule has 6 rings (SSSR count). The lowest BCUT2D eigenvalue weighted by Crippen LogP contribution is -2.44. The van der Waals surface area contributed by atoms with Crippen LogP contribution in [0.15, 0.2) is 72.8 Å². The van der Waals surface area contributed by atoms with Gasteiger partial charge in [-0.05, 0) is 59.9 Å². The van der Waals surface area contributed by atoms with Crippen molar-refractivity contribution in [3.8, 4) is 5.75 Å². The number of fused-ring (bicyclic) bond motifs is 4. The van der Waals surface area contributed by atoms with Gasteiger partial charge in [-0.25, -0.2) is 9.69 Å². The van der Waals surface area contributed by atoms with E-state index in [1.54, 1.807) is 29.2 Å². The van der Waals surface area contributed by atoms with Crippen LogP contribution in [0, 0.1) is 0 Å². The fourth-order valence-electron chi connectivity index (χ4n) is 5.58. The van der Waals surface area contributed by atoms with Crippen molar-refractivity contribution in [2.24, 2.45) is 0 Å². The number of anilines is 1. The molecule has 2 aliphatic rings. The van der Waals surface area contributed by atoms with Crippen LogP contribution in [0.5, 0.6) is 5.75 Å². The molecule has 0 radical (unpaired) electrons. The molecule has 1 aromatic heterocycles. The van der Waals surface area contributed by atoms with Crippen LogP contribution in [-0.4, -0.2) is 34.5 Å². The first-order valence-corrected chi connectivity index (χ1v) is 12.6. The largest absolute Gasteiger partial charge is 0.494 e. The summed E-state index contributed by atoms with van der Waals surface area (Å²) in [5.74, 6) is 0.929. The van der Waals surface area contributed by atoms with Gasteiger partial charge in [0.1, 0.15) is 17.8 Å². The summed E-state index contributed by atoms with van der Waals surface area (Å²) in [5.41, 5.74) is 5.91. The number of carbonyl (C=O) groups is 2. The molecule has 0 unspecified atom stereocenters. The SMILES string of the molecule is CCOc1ccc(N2C(=O)[C@@H]3Cc4c([nH]c5ccccc45)[C@@H](c4ccc(C(C)C)cc4)N3C2=O)cc1. The second-order valence-electron chi connectivity index (χ2n) is 9.80. The maximum absolute atomic E-state index is 13.9. The van der Waals surface area contributed by atoms with Crippen LogP contribution in [0.25, 0.3) is 10.9 Å². The maximum Gasteiger partial charge on any atom is 0.332 e. The molecule has 1 fully saturated rings. The number of carbonyl (C=O) groups excluding carboxylic acids is 2. The lowest BCUT2D eigenvalue weighted by molar-refractivity contribution is -0.120. The molecular weight excluding hydrogens is 450 g/mol. The Morgan fingerprint density at radius 3 is 2.39 bits per heavy atom. The zero-order chi connectivity index (χ0) is 25.0. The molecule has 0 aliphatic carbocycles. The Kier molecular flexibility index (Phi) is 5.32. The molecule has 0 spiro atoms. The number of para-hydroxylation sites is 1. The van der Waals surface area contributed by atoms with Crippen molar-refractivity contribution in [1.82, 2.24) is 9.88 Å². The minimum atomic E-state index is -0.564. The topological polar surface area (TPSA) is 65.6 Å². The normalized spacial score (nSPS) is 19.2. The smallest absolute Gasteiger partial charge is 0.332 e. The van der Waals surface area contributed by atoms with E-state index in [9.17, 15) is 9.59 Å². The van der Waals surface area contributed by atoms with Crippen LogP contribution in [-0.2, 0) is 11.2 Å². The summed E-state index contributed by atoms with van der Waals surface area (Å²) < 4.78 is 5.54. The minimum Gasteiger partial charge on any atom is -0.494 e. The van der Waals surface area contributed by atoms with E-state index < -0.39 is 6.04 Å². The Morgan fingerprint density at radius 1 is 0.972 bits per heavy atom. The Bertz CT molecular complexity index is 1450. The third kappa shape index (κ3) is 3.40. The van der Waals surface area contributed by atoms with Gasteiger partial charge in [0, 0.05) is 23.0 Å². The predicted molar refractivity (Wildman–Crippen MR) is 140 cm³/mol. The summed E-state index contributed by atoms with van der Waals surface area (Å²) in [6, 6.07) is 22.5. The number of hydrogen-bond donors (Lipinski definition) is 1. The van der Waals surface area contributed by atoms with E-state index >= 15 is 0 Å². The quantitative estimate of drug-likeness (QED) is 0.348. The minimum absolute atomic E-state index is 0.191. The van der Waals surface area contributed by atoms with Gasteiger partial charge in [-0.2, -0.15) is 0 Å². The second-order valence-corrected chi connectivity index (χ2v) is 9.80. The zero-order valence-corrected chi connectivity index (χ0v) is 20.7. The van der Waals surface area contributed by atoms with E-state index in [0.717, 1.165) is 27.7 Å². The van der Waals surface area contributed by atoms with E-state index in [1.807, 2.05) is 25.1 Å². The molecule has 0 saturated carbocycles. The number of benzene rings is 3. The van der Waals surface area contributed by atoms with Crippen molar-refractivity contribution >= 4 is 28.5 Å². The van der Waals surface area contributed by atoms with E-state index in [1.165, 1.54) is 10.5 Å². The monoisotopic (exact) mass is 479 g/mol. The summed E-state index contributed by atoms with van der Waals surface area (Å²) in [6.07, 6.45) is 0.484. The van der Waals surface area contributed by atoms with Crippen molar-refractivity contribution in [3.63, 3.8) is 0 Å². The number of hydrogen-bond acceptors (Lipinski definition) is 3. The molecule has 2 atom stereocenters. The molecule has 4 aromatic rings. The van der Waals surface area contributed by atoms with Crippen molar-refractivity contribution in [1.29, 1.82) is 0 Å². The lowest BCUT2D eigenvalue weighted by Gasteiger charge is -2.36. The lowest BCUT2D eigenvalue weighted by atomic mass is 9.88. The molecular formula is C30H29N3O3. The highest BCUT2D eigenvalue weighted by Gasteiger charge is 2.53. The maximum atomic E-state index is 13.9. The van der Waals surface area contributed by atoms with Crippen LogP contribution < -0.4 is 9.64 Å². The fraction of sp³-hybridized carbons (Fsp3) is 0.267. The number of ether oxygens (including phenoxy) is 1. The highest BCUT2D eigenvalue weighted by Crippen LogP contribution is 2.45. The van der Waals surface area contributed by atoms with Crippen molar-refractivity contribution in [2.75, 3.05) is 11.5 Å². The number of urea groups is 1. The van der Waals surface area contributed by atoms with Crippen molar-refractivity contribution in [3.05, 3.63) is 95.2 Å². The van der Waals surface area contributed by atoms with E-state index in [2.05, 4.69) is 49.2 Å². The molecule has 1 saturated heterocycles. The zero-order valence-electron chi connectivity index (χ0n) is 20.7.